The molecule has 0 bridgehead atoms. The van der Waals surface area contributed by atoms with Crippen LogP contribution in [-0.4, -0.2) is 39.5 Å². The van der Waals surface area contributed by atoms with E-state index >= 15 is 0 Å². The number of hydrogen-bond acceptors (Lipinski definition) is 5. The minimum atomic E-state index is -1.54. The number of nitrogens with one attached hydrogen (secondary N) is 1. The van der Waals surface area contributed by atoms with Crippen LogP contribution >= 0.6 is 0 Å². The van der Waals surface area contributed by atoms with Gasteiger partial charge in [0.1, 0.15) is 11.5 Å². The topological polar surface area (TPSA) is 110 Å². The molecule has 0 aliphatic rings. The molecule has 1 amide bonds. The summed E-state index contributed by atoms with van der Waals surface area (Å²) in [7, 11) is 0. The van der Waals surface area contributed by atoms with E-state index in [4.69, 9.17) is 10.2 Å². The van der Waals surface area contributed by atoms with E-state index in [1.165, 1.54) is 12.1 Å². The first kappa shape index (κ1) is 12.3. The number of carbonyl (C=O) groups is 1. The van der Waals surface area contributed by atoms with Crippen molar-refractivity contribution in [2.75, 3.05) is 13.2 Å². The molecule has 1 atom stereocenters. The minimum Gasteiger partial charge on any atom is -0.508 e. The lowest BCUT2D eigenvalue weighted by Crippen LogP contribution is -2.31. The number of aliphatic hydroxyl groups excluding tert-OH is 2. The Morgan fingerprint density at radius 3 is 2.62 bits per heavy atom. The summed E-state index contributed by atoms with van der Waals surface area (Å²) in [6.45, 7) is -0.214. The average molecular weight is 227 g/mol. The summed E-state index contributed by atoms with van der Waals surface area (Å²) < 4.78 is 0. The van der Waals surface area contributed by atoms with Gasteiger partial charge in [0.15, 0.2) is 6.10 Å². The van der Waals surface area contributed by atoms with Gasteiger partial charge in [-0.2, -0.15) is 0 Å². The molecule has 16 heavy (non-hydrogen) atoms. The van der Waals surface area contributed by atoms with Crippen molar-refractivity contribution in [2.45, 2.75) is 6.10 Å². The number of phenolic OH excluding ortho intramolecular Hbond substituents is 2. The molecule has 5 N–H and O–H groups in total. The van der Waals surface area contributed by atoms with Crippen LogP contribution < -0.4 is 5.32 Å². The lowest BCUT2D eigenvalue weighted by Gasteiger charge is -2.12. The molecule has 0 aliphatic carbocycles. The quantitative estimate of drug-likeness (QED) is 0.464. The highest BCUT2D eigenvalue weighted by molar-refractivity contribution is 5.82. The summed E-state index contributed by atoms with van der Waals surface area (Å²) in [6, 6.07) is 3.52. The fourth-order valence-electron chi connectivity index (χ4n) is 1.18. The van der Waals surface area contributed by atoms with E-state index in [0.717, 1.165) is 6.07 Å². The summed E-state index contributed by atoms with van der Waals surface area (Å²) >= 11 is 0. The maximum atomic E-state index is 11.3. The standard InChI is InChI=1S/C10H13NO5/c12-4-3-11-10(16)9(15)7-2-1-6(13)5-8(7)14/h1-2,5,9,12-15H,3-4H2,(H,11,16). The van der Waals surface area contributed by atoms with Crippen LogP contribution in [0, 0.1) is 0 Å². The van der Waals surface area contributed by atoms with Gasteiger partial charge in [-0.3, -0.25) is 4.79 Å². The Bertz CT molecular complexity index is 379. The molecule has 1 unspecified atom stereocenters. The predicted molar refractivity (Wildman–Crippen MR) is 54.8 cm³/mol. The van der Waals surface area contributed by atoms with Crippen LogP contribution in [0.15, 0.2) is 18.2 Å². The van der Waals surface area contributed by atoms with Crippen LogP contribution in [0.1, 0.15) is 11.7 Å². The molecule has 0 radical (unpaired) electrons. The normalized spacial score (nSPS) is 12.1. The average Bonchev–Trinajstić information content (AvgIpc) is 2.25. The van der Waals surface area contributed by atoms with Crippen molar-refractivity contribution >= 4 is 5.91 Å². The highest BCUT2D eigenvalue weighted by Crippen LogP contribution is 2.27. The van der Waals surface area contributed by atoms with Crippen molar-refractivity contribution in [3.63, 3.8) is 0 Å². The van der Waals surface area contributed by atoms with E-state index in [-0.39, 0.29) is 30.2 Å². The fourth-order valence-corrected chi connectivity index (χ4v) is 1.18. The molecular weight excluding hydrogens is 214 g/mol. The van der Waals surface area contributed by atoms with Crippen molar-refractivity contribution in [1.29, 1.82) is 0 Å². The molecule has 0 aliphatic heterocycles. The number of hydrogen-bond donors (Lipinski definition) is 5. The Labute approximate surface area is 91.8 Å². The van der Waals surface area contributed by atoms with Crippen LogP contribution in [0.5, 0.6) is 11.5 Å². The van der Waals surface area contributed by atoms with E-state index in [1.807, 2.05) is 0 Å². The fraction of sp³-hybridized carbons (Fsp3) is 0.300. The van der Waals surface area contributed by atoms with Gasteiger partial charge >= 0.3 is 0 Å². The Hall–Kier alpha value is -1.79. The van der Waals surface area contributed by atoms with Gasteiger partial charge in [0.05, 0.1) is 6.61 Å². The van der Waals surface area contributed by atoms with Crippen molar-refractivity contribution in [1.82, 2.24) is 5.32 Å². The molecule has 1 aromatic carbocycles. The lowest BCUT2D eigenvalue weighted by molar-refractivity contribution is -0.129. The number of phenols is 2. The predicted octanol–water partition coefficient (Wildman–Crippen LogP) is -0.760. The van der Waals surface area contributed by atoms with Crippen molar-refractivity contribution in [3.05, 3.63) is 23.8 Å². The highest BCUT2D eigenvalue weighted by Gasteiger charge is 2.20. The molecule has 1 rings (SSSR count). The third-order valence-electron chi connectivity index (χ3n) is 1.97. The van der Waals surface area contributed by atoms with E-state index in [2.05, 4.69) is 5.32 Å². The number of benzene rings is 1. The maximum absolute atomic E-state index is 11.3. The first-order valence-electron chi connectivity index (χ1n) is 4.64. The van der Waals surface area contributed by atoms with Crippen molar-refractivity contribution < 1.29 is 25.2 Å². The van der Waals surface area contributed by atoms with Gasteiger partial charge in [-0.15, -0.1) is 0 Å². The molecule has 0 spiro atoms. The second-order valence-electron chi connectivity index (χ2n) is 3.16. The second-order valence-corrected chi connectivity index (χ2v) is 3.16. The van der Waals surface area contributed by atoms with E-state index in [0.29, 0.717) is 0 Å². The zero-order valence-corrected chi connectivity index (χ0v) is 8.42. The second kappa shape index (κ2) is 5.34. The van der Waals surface area contributed by atoms with Crippen LogP contribution in [0.2, 0.25) is 0 Å². The summed E-state index contributed by atoms with van der Waals surface area (Å²) in [5.41, 5.74) is -0.00626. The Kier molecular flexibility index (Phi) is 4.10. The van der Waals surface area contributed by atoms with Gasteiger partial charge in [-0.05, 0) is 12.1 Å². The molecular formula is C10H13NO5. The molecule has 0 fully saturated rings. The van der Waals surface area contributed by atoms with Crippen molar-refractivity contribution in [3.8, 4) is 11.5 Å². The van der Waals surface area contributed by atoms with Gasteiger partial charge in [-0.1, -0.05) is 0 Å². The monoisotopic (exact) mass is 227 g/mol. The molecule has 0 saturated heterocycles. The zero-order chi connectivity index (χ0) is 12.1. The van der Waals surface area contributed by atoms with E-state index < -0.39 is 12.0 Å². The first-order chi connectivity index (χ1) is 7.56. The van der Waals surface area contributed by atoms with Crippen LogP contribution in [-0.2, 0) is 4.79 Å². The summed E-state index contributed by atoms with van der Waals surface area (Å²) in [6.07, 6.45) is -1.54. The zero-order valence-electron chi connectivity index (χ0n) is 8.42. The summed E-state index contributed by atoms with van der Waals surface area (Å²) in [5, 5.41) is 38.7. The Morgan fingerprint density at radius 1 is 1.38 bits per heavy atom. The third-order valence-corrected chi connectivity index (χ3v) is 1.97. The lowest BCUT2D eigenvalue weighted by atomic mass is 10.1. The maximum Gasteiger partial charge on any atom is 0.253 e. The first-order valence-corrected chi connectivity index (χ1v) is 4.64. The SMILES string of the molecule is O=C(NCCO)C(O)c1ccc(O)cc1O. The summed E-state index contributed by atoms with van der Waals surface area (Å²) in [5.74, 6) is -1.26. The van der Waals surface area contributed by atoms with Gasteiger partial charge in [0.2, 0.25) is 0 Å². The van der Waals surface area contributed by atoms with Crippen LogP contribution in [0.3, 0.4) is 0 Å². The molecule has 88 valence electrons. The number of aromatic hydroxyl groups is 2. The largest absolute Gasteiger partial charge is 0.508 e. The summed E-state index contributed by atoms with van der Waals surface area (Å²) in [4.78, 5) is 11.3. The van der Waals surface area contributed by atoms with Gasteiger partial charge in [0.25, 0.3) is 5.91 Å². The molecule has 0 aromatic heterocycles. The molecule has 6 heteroatoms. The van der Waals surface area contributed by atoms with Gasteiger partial charge in [0, 0.05) is 18.2 Å². The van der Waals surface area contributed by atoms with Crippen LogP contribution in [0.25, 0.3) is 0 Å². The third kappa shape index (κ3) is 2.85. The molecule has 0 saturated carbocycles. The van der Waals surface area contributed by atoms with Crippen molar-refractivity contribution in [2.24, 2.45) is 0 Å². The van der Waals surface area contributed by atoms with Crippen LogP contribution in [0.4, 0.5) is 0 Å². The van der Waals surface area contributed by atoms with E-state index in [1.54, 1.807) is 0 Å². The Balaban J connectivity index is 2.79. The highest BCUT2D eigenvalue weighted by atomic mass is 16.3. The Morgan fingerprint density at radius 2 is 2.06 bits per heavy atom. The number of amides is 1. The molecule has 6 nitrogen and oxygen atoms in total. The molecule has 1 aromatic rings. The molecule has 0 heterocycles. The number of rotatable bonds is 4. The smallest absolute Gasteiger partial charge is 0.253 e. The van der Waals surface area contributed by atoms with Gasteiger partial charge in [-0.25, -0.2) is 0 Å². The van der Waals surface area contributed by atoms with Gasteiger partial charge < -0.3 is 25.7 Å². The minimum absolute atomic E-state index is 0.00626. The number of carbonyl (C=O) groups excluding carboxylic acids is 1. The van der Waals surface area contributed by atoms with E-state index in [9.17, 15) is 15.0 Å². The number of aliphatic hydroxyl groups is 2.